The molecule has 0 atom stereocenters. The number of rotatable bonds is 2. The molecule has 2 rings (SSSR count). The third kappa shape index (κ3) is 3.58. The van der Waals surface area contributed by atoms with Crippen molar-refractivity contribution in [2.45, 2.75) is 20.8 Å². The number of nitrogens with two attached hydrogens (primary N) is 2. The van der Waals surface area contributed by atoms with Crippen molar-refractivity contribution in [3.8, 4) is 11.5 Å². The number of hydrogen-bond donors (Lipinski definition) is 2. The van der Waals surface area contributed by atoms with Gasteiger partial charge in [-0.1, -0.05) is 13.8 Å². The summed E-state index contributed by atoms with van der Waals surface area (Å²) in [6, 6.07) is 5.87. The van der Waals surface area contributed by atoms with Gasteiger partial charge in [0.2, 0.25) is 0 Å². The first kappa shape index (κ1) is 14.8. The quantitative estimate of drug-likeness (QED) is 0.813. The van der Waals surface area contributed by atoms with Crippen LogP contribution >= 0.6 is 0 Å². The third-order valence-electron chi connectivity index (χ3n) is 2.37. The second kappa shape index (κ2) is 6.58. The summed E-state index contributed by atoms with van der Waals surface area (Å²) in [7, 11) is 0. The molecule has 4 nitrogen and oxygen atoms in total. The van der Waals surface area contributed by atoms with Crippen molar-refractivity contribution in [1.82, 2.24) is 4.98 Å². The maximum atomic E-state index is 13.5. The average Bonchev–Trinajstić information content (AvgIpc) is 2.40. The van der Waals surface area contributed by atoms with Crippen LogP contribution < -0.4 is 16.2 Å². The molecule has 0 radical (unpaired) electrons. The fourth-order valence-electron chi connectivity index (χ4n) is 1.36. The zero-order chi connectivity index (χ0) is 14.4. The summed E-state index contributed by atoms with van der Waals surface area (Å²) in [4.78, 5) is 3.90. The predicted molar refractivity (Wildman–Crippen MR) is 75.6 cm³/mol. The molecule has 1 aromatic heterocycles. The number of ether oxygens (including phenoxy) is 1. The van der Waals surface area contributed by atoms with Crippen LogP contribution in [-0.4, -0.2) is 4.98 Å². The maximum absolute atomic E-state index is 13.5. The highest BCUT2D eigenvalue weighted by Gasteiger charge is 2.08. The number of nitrogens with zero attached hydrogens (tertiary/aromatic N) is 1. The molecule has 0 aliphatic carbocycles. The van der Waals surface area contributed by atoms with Gasteiger partial charge in [0.15, 0.2) is 11.6 Å². The van der Waals surface area contributed by atoms with Crippen LogP contribution in [0.3, 0.4) is 0 Å². The second-order valence-electron chi connectivity index (χ2n) is 3.61. The lowest BCUT2D eigenvalue weighted by Gasteiger charge is -2.10. The van der Waals surface area contributed by atoms with Crippen LogP contribution in [0.15, 0.2) is 30.5 Å². The Morgan fingerprint density at radius 3 is 2.42 bits per heavy atom. The molecule has 1 heterocycles. The molecule has 0 fully saturated rings. The Labute approximate surface area is 112 Å². The van der Waals surface area contributed by atoms with E-state index in [-0.39, 0.29) is 5.75 Å². The summed E-state index contributed by atoms with van der Waals surface area (Å²) in [6.07, 6.45) is 1.51. The van der Waals surface area contributed by atoms with Gasteiger partial charge in [0.05, 0.1) is 0 Å². The average molecular weight is 263 g/mol. The first-order valence-corrected chi connectivity index (χ1v) is 6.02. The molecule has 102 valence electrons. The number of pyridine rings is 1. The van der Waals surface area contributed by atoms with E-state index in [0.717, 1.165) is 0 Å². The van der Waals surface area contributed by atoms with E-state index in [1.807, 2.05) is 13.8 Å². The number of hydrogen-bond acceptors (Lipinski definition) is 4. The van der Waals surface area contributed by atoms with E-state index in [1.165, 1.54) is 18.3 Å². The van der Waals surface area contributed by atoms with Crippen molar-refractivity contribution >= 4 is 11.5 Å². The summed E-state index contributed by atoms with van der Waals surface area (Å²) in [6.45, 7) is 5.76. The smallest absolute Gasteiger partial charge is 0.167 e. The van der Waals surface area contributed by atoms with Crippen molar-refractivity contribution in [3.63, 3.8) is 0 Å². The van der Waals surface area contributed by atoms with Crippen LogP contribution in [0, 0.1) is 12.7 Å². The number of nitrogen functional groups attached to an aromatic ring is 2. The standard InChI is InChI=1S/C12H12FN3O.C2H6/c1-7-10(4-5-16-12(7)15)17-11-3-2-8(14)6-9(11)13;1-2/h2-6H,14H2,1H3,(H2,15,16);1-2H3. The molecule has 1 aromatic carbocycles. The number of halogens is 1. The van der Waals surface area contributed by atoms with Crippen LogP contribution in [0.1, 0.15) is 19.4 Å². The van der Waals surface area contributed by atoms with Crippen LogP contribution in [0.25, 0.3) is 0 Å². The zero-order valence-electron chi connectivity index (χ0n) is 11.3. The minimum absolute atomic E-state index is 0.105. The first-order valence-electron chi connectivity index (χ1n) is 6.02. The largest absolute Gasteiger partial charge is 0.454 e. The van der Waals surface area contributed by atoms with Crippen molar-refractivity contribution in [3.05, 3.63) is 41.8 Å². The highest BCUT2D eigenvalue weighted by atomic mass is 19.1. The highest BCUT2D eigenvalue weighted by molar-refractivity contribution is 5.50. The molecule has 0 saturated heterocycles. The van der Waals surface area contributed by atoms with Gasteiger partial charge in [0.25, 0.3) is 0 Å². The van der Waals surface area contributed by atoms with Crippen molar-refractivity contribution in [2.75, 3.05) is 11.5 Å². The Morgan fingerprint density at radius 1 is 1.11 bits per heavy atom. The molecule has 0 bridgehead atoms. The molecular weight excluding hydrogens is 245 g/mol. The van der Waals surface area contributed by atoms with E-state index in [1.54, 1.807) is 19.1 Å². The lowest BCUT2D eigenvalue weighted by Crippen LogP contribution is -1.97. The minimum atomic E-state index is -0.514. The lowest BCUT2D eigenvalue weighted by molar-refractivity contribution is 0.439. The summed E-state index contributed by atoms with van der Waals surface area (Å²) in [5.74, 6) is 0.423. The summed E-state index contributed by atoms with van der Waals surface area (Å²) in [5, 5.41) is 0. The highest BCUT2D eigenvalue weighted by Crippen LogP contribution is 2.29. The zero-order valence-corrected chi connectivity index (χ0v) is 11.3. The maximum Gasteiger partial charge on any atom is 0.167 e. The van der Waals surface area contributed by atoms with Crippen LogP contribution in [0.5, 0.6) is 11.5 Å². The Kier molecular flexibility index (Phi) is 5.11. The van der Waals surface area contributed by atoms with Gasteiger partial charge >= 0.3 is 0 Å². The van der Waals surface area contributed by atoms with Gasteiger partial charge < -0.3 is 16.2 Å². The molecule has 0 spiro atoms. The summed E-state index contributed by atoms with van der Waals surface area (Å²) < 4.78 is 18.9. The van der Waals surface area contributed by atoms with Crippen LogP contribution in [-0.2, 0) is 0 Å². The molecule has 0 aliphatic heterocycles. The second-order valence-corrected chi connectivity index (χ2v) is 3.61. The lowest BCUT2D eigenvalue weighted by atomic mass is 10.2. The topological polar surface area (TPSA) is 74.2 Å². The monoisotopic (exact) mass is 263 g/mol. The van der Waals surface area contributed by atoms with Gasteiger partial charge in [0.1, 0.15) is 11.6 Å². The SMILES string of the molecule is CC.Cc1c(Oc2ccc(N)cc2F)ccnc1N. The van der Waals surface area contributed by atoms with E-state index in [2.05, 4.69) is 4.98 Å². The minimum Gasteiger partial charge on any atom is -0.454 e. The summed E-state index contributed by atoms with van der Waals surface area (Å²) >= 11 is 0. The number of anilines is 2. The van der Waals surface area contributed by atoms with Crippen molar-refractivity contribution in [2.24, 2.45) is 0 Å². The van der Waals surface area contributed by atoms with E-state index >= 15 is 0 Å². The van der Waals surface area contributed by atoms with Gasteiger partial charge in [-0.2, -0.15) is 0 Å². The molecule has 0 saturated carbocycles. The number of aromatic nitrogens is 1. The Bertz CT molecular complexity index is 558. The molecule has 0 amide bonds. The van der Waals surface area contributed by atoms with Gasteiger partial charge in [-0.05, 0) is 25.1 Å². The van der Waals surface area contributed by atoms with Gasteiger partial charge in [-0.25, -0.2) is 9.37 Å². The first-order chi connectivity index (χ1) is 9.08. The van der Waals surface area contributed by atoms with E-state index in [0.29, 0.717) is 22.8 Å². The Balaban J connectivity index is 0.000000861. The molecular formula is C14H18FN3O. The van der Waals surface area contributed by atoms with Crippen LogP contribution in [0.4, 0.5) is 15.9 Å². The van der Waals surface area contributed by atoms with Gasteiger partial charge in [-0.15, -0.1) is 0 Å². The van der Waals surface area contributed by atoms with Crippen LogP contribution in [0.2, 0.25) is 0 Å². The third-order valence-corrected chi connectivity index (χ3v) is 2.37. The molecule has 5 heteroatoms. The van der Waals surface area contributed by atoms with Gasteiger partial charge in [-0.3, -0.25) is 0 Å². The fraction of sp³-hybridized carbons (Fsp3) is 0.214. The predicted octanol–water partition coefficient (Wildman–Crippen LogP) is 3.51. The Morgan fingerprint density at radius 2 is 1.79 bits per heavy atom. The molecule has 2 aromatic rings. The van der Waals surface area contributed by atoms with Crippen molar-refractivity contribution in [1.29, 1.82) is 0 Å². The normalized spacial score (nSPS) is 9.47. The van der Waals surface area contributed by atoms with Crippen molar-refractivity contribution < 1.29 is 9.13 Å². The Hall–Kier alpha value is -2.30. The molecule has 4 N–H and O–H groups in total. The molecule has 0 unspecified atom stereocenters. The fourth-order valence-corrected chi connectivity index (χ4v) is 1.36. The molecule has 19 heavy (non-hydrogen) atoms. The van der Waals surface area contributed by atoms with Gasteiger partial charge in [0, 0.05) is 23.5 Å². The summed E-state index contributed by atoms with van der Waals surface area (Å²) in [5.41, 5.74) is 12.1. The molecule has 0 aliphatic rings. The van der Waals surface area contributed by atoms with E-state index in [9.17, 15) is 4.39 Å². The number of benzene rings is 1. The van der Waals surface area contributed by atoms with E-state index in [4.69, 9.17) is 16.2 Å². The van der Waals surface area contributed by atoms with E-state index < -0.39 is 5.82 Å².